The zero-order valence-corrected chi connectivity index (χ0v) is 16.2. The number of likely N-dealkylation sites (N-methyl/N-ethyl adjacent to an activating group) is 1. The predicted octanol–water partition coefficient (Wildman–Crippen LogP) is 2.24. The van der Waals surface area contributed by atoms with Crippen LogP contribution < -0.4 is 14.8 Å². The van der Waals surface area contributed by atoms with Gasteiger partial charge in [0.25, 0.3) is 0 Å². The first-order chi connectivity index (χ1) is 13.5. The standard InChI is InChI=1S/C21H24N2O5/c1-23-12-15-10-18(28-13-20(24)27-3)7-4-14(15)11-19(23)21(25)22-16-5-8-17(26-2)9-6-16/h4-10,19H,11-13H2,1-3H3,(H,22,25). The second-order valence-corrected chi connectivity index (χ2v) is 6.65. The molecule has 1 unspecified atom stereocenters. The van der Waals surface area contributed by atoms with Gasteiger partial charge < -0.3 is 19.5 Å². The van der Waals surface area contributed by atoms with Gasteiger partial charge in [0.05, 0.1) is 20.3 Å². The Hall–Kier alpha value is -3.06. The third-order valence-corrected chi connectivity index (χ3v) is 4.79. The number of nitrogens with zero attached hydrogens (tertiary/aromatic N) is 1. The predicted molar refractivity (Wildman–Crippen MR) is 105 cm³/mol. The molecule has 3 rings (SSSR count). The lowest BCUT2D eigenvalue weighted by atomic mass is 9.93. The van der Waals surface area contributed by atoms with Crippen LogP contribution in [-0.4, -0.2) is 50.7 Å². The van der Waals surface area contributed by atoms with E-state index in [-0.39, 0.29) is 18.6 Å². The summed E-state index contributed by atoms with van der Waals surface area (Å²) in [7, 11) is 4.85. The van der Waals surface area contributed by atoms with Crippen LogP contribution in [0, 0.1) is 0 Å². The minimum atomic E-state index is -0.426. The van der Waals surface area contributed by atoms with Crippen molar-refractivity contribution in [2.75, 3.05) is 33.2 Å². The number of methoxy groups -OCH3 is 2. The Morgan fingerprint density at radius 2 is 1.79 bits per heavy atom. The van der Waals surface area contributed by atoms with Gasteiger partial charge in [-0.05, 0) is 61.0 Å². The maximum atomic E-state index is 12.8. The summed E-state index contributed by atoms with van der Waals surface area (Å²) >= 11 is 0. The molecular formula is C21H24N2O5. The number of nitrogens with one attached hydrogen (secondary N) is 1. The van der Waals surface area contributed by atoms with Crippen molar-refractivity contribution in [1.29, 1.82) is 0 Å². The molecule has 1 N–H and O–H groups in total. The second-order valence-electron chi connectivity index (χ2n) is 6.65. The van der Waals surface area contributed by atoms with Gasteiger partial charge in [-0.1, -0.05) is 6.07 Å². The molecule has 1 amide bonds. The number of rotatable bonds is 6. The largest absolute Gasteiger partial charge is 0.497 e. The number of amides is 1. The van der Waals surface area contributed by atoms with E-state index in [2.05, 4.69) is 10.1 Å². The van der Waals surface area contributed by atoms with E-state index in [1.165, 1.54) is 7.11 Å². The minimum absolute atomic E-state index is 0.0515. The van der Waals surface area contributed by atoms with Gasteiger partial charge in [-0.3, -0.25) is 9.69 Å². The maximum absolute atomic E-state index is 12.8. The Morgan fingerprint density at radius 3 is 2.46 bits per heavy atom. The third-order valence-electron chi connectivity index (χ3n) is 4.79. The summed E-state index contributed by atoms with van der Waals surface area (Å²) in [6.45, 7) is 0.490. The summed E-state index contributed by atoms with van der Waals surface area (Å²) in [5, 5.41) is 2.96. The quantitative estimate of drug-likeness (QED) is 0.770. The van der Waals surface area contributed by atoms with E-state index in [0.29, 0.717) is 18.7 Å². The Kier molecular flexibility index (Phi) is 6.16. The van der Waals surface area contributed by atoms with Crippen LogP contribution >= 0.6 is 0 Å². The SMILES string of the molecule is COC(=O)COc1ccc2c(c1)CN(C)C(C(=O)Nc1ccc(OC)cc1)C2. The van der Waals surface area contributed by atoms with Crippen molar-refractivity contribution in [3.05, 3.63) is 53.6 Å². The molecule has 0 fully saturated rings. The first kappa shape index (κ1) is 19.7. The molecule has 1 heterocycles. The van der Waals surface area contributed by atoms with Gasteiger partial charge in [-0.15, -0.1) is 0 Å². The van der Waals surface area contributed by atoms with E-state index in [1.807, 2.05) is 54.4 Å². The van der Waals surface area contributed by atoms with E-state index < -0.39 is 5.97 Å². The molecule has 0 aliphatic carbocycles. The fourth-order valence-corrected chi connectivity index (χ4v) is 3.18. The molecule has 0 spiro atoms. The van der Waals surface area contributed by atoms with Crippen molar-refractivity contribution in [3.63, 3.8) is 0 Å². The van der Waals surface area contributed by atoms with Crippen LogP contribution in [0.2, 0.25) is 0 Å². The molecule has 7 nitrogen and oxygen atoms in total. The highest BCUT2D eigenvalue weighted by atomic mass is 16.6. The molecule has 1 aliphatic heterocycles. The van der Waals surface area contributed by atoms with Crippen LogP contribution in [-0.2, 0) is 27.3 Å². The molecule has 1 aliphatic rings. The van der Waals surface area contributed by atoms with E-state index in [1.54, 1.807) is 7.11 Å². The molecule has 0 saturated heterocycles. The van der Waals surface area contributed by atoms with Crippen molar-refractivity contribution in [1.82, 2.24) is 4.90 Å². The van der Waals surface area contributed by atoms with Crippen LogP contribution in [0.5, 0.6) is 11.5 Å². The van der Waals surface area contributed by atoms with Gasteiger partial charge in [-0.25, -0.2) is 4.79 Å². The van der Waals surface area contributed by atoms with Crippen molar-refractivity contribution < 1.29 is 23.8 Å². The summed E-state index contributed by atoms with van der Waals surface area (Å²) in [6.07, 6.45) is 0.602. The fraction of sp³-hybridized carbons (Fsp3) is 0.333. The first-order valence-electron chi connectivity index (χ1n) is 8.96. The van der Waals surface area contributed by atoms with Gasteiger partial charge in [0.2, 0.25) is 5.91 Å². The van der Waals surface area contributed by atoms with Crippen molar-refractivity contribution in [3.8, 4) is 11.5 Å². The molecule has 2 aromatic rings. The Labute approximate surface area is 164 Å². The van der Waals surface area contributed by atoms with Gasteiger partial charge in [0.1, 0.15) is 11.5 Å². The fourth-order valence-electron chi connectivity index (χ4n) is 3.18. The number of esters is 1. The normalized spacial score (nSPS) is 16.0. The Balaban J connectivity index is 1.66. The van der Waals surface area contributed by atoms with Crippen molar-refractivity contribution in [2.24, 2.45) is 0 Å². The monoisotopic (exact) mass is 384 g/mol. The number of carbonyl (C=O) groups excluding carboxylic acids is 2. The molecule has 0 bridgehead atoms. The molecule has 2 aromatic carbocycles. The number of hydrogen-bond donors (Lipinski definition) is 1. The maximum Gasteiger partial charge on any atom is 0.343 e. The lowest BCUT2D eigenvalue weighted by molar-refractivity contribution is -0.142. The minimum Gasteiger partial charge on any atom is -0.497 e. The molecule has 148 valence electrons. The lowest BCUT2D eigenvalue weighted by Crippen LogP contribution is -2.45. The molecule has 0 saturated carbocycles. The molecule has 28 heavy (non-hydrogen) atoms. The summed E-state index contributed by atoms with van der Waals surface area (Å²) < 4.78 is 15.2. The highest BCUT2D eigenvalue weighted by molar-refractivity contribution is 5.95. The molecule has 0 radical (unpaired) electrons. The average molecular weight is 384 g/mol. The van der Waals surface area contributed by atoms with Crippen LogP contribution in [0.4, 0.5) is 5.69 Å². The number of anilines is 1. The Morgan fingerprint density at radius 1 is 1.07 bits per heavy atom. The smallest absolute Gasteiger partial charge is 0.343 e. The van der Waals surface area contributed by atoms with Crippen LogP contribution in [0.15, 0.2) is 42.5 Å². The zero-order valence-electron chi connectivity index (χ0n) is 16.2. The summed E-state index contributed by atoms with van der Waals surface area (Å²) in [4.78, 5) is 26.0. The van der Waals surface area contributed by atoms with Gasteiger partial charge in [0.15, 0.2) is 6.61 Å². The number of fused-ring (bicyclic) bond motifs is 1. The van der Waals surface area contributed by atoms with E-state index in [9.17, 15) is 9.59 Å². The molecular weight excluding hydrogens is 360 g/mol. The summed E-state index contributed by atoms with van der Waals surface area (Å²) in [5.74, 6) is 0.875. The van der Waals surface area contributed by atoms with Crippen LogP contribution in [0.3, 0.4) is 0 Å². The zero-order chi connectivity index (χ0) is 20.1. The Bertz CT molecular complexity index is 850. The van der Waals surface area contributed by atoms with Crippen molar-refractivity contribution in [2.45, 2.75) is 19.0 Å². The third kappa shape index (κ3) is 4.61. The number of carbonyl (C=O) groups is 2. The number of ether oxygens (including phenoxy) is 3. The summed E-state index contributed by atoms with van der Waals surface area (Å²) in [5.41, 5.74) is 2.91. The van der Waals surface area contributed by atoms with Gasteiger partial charge in [0, 0.05) is 12.2 Å². The van der Waals surface area contributed by atoms with E-state index in [0.717, 1.165) is 22.6 Å². The highest BCUT2D eigenvalue weighted by Gasteiger charge is 2.29. The first-order valence-corrected chi connectivity index (χ1v) is 8.96. The number of benzene rings is 2. The summed E-state index contributed by atoms with van der Waals surface area (Å²) in [6, 6.07) is 12.7. The number of hydrogen-bond acceptors (Lipinski definition) is 6. The second kappa shape index (κ2) is 8.75. The lowest BCUT2D eigenvalue weighted by Gasteiger charge is -2.33. The molecule has 0 aromatic heterocycles. The van der Waals surface area contributed by atoms with Gasteiger partial charge in [-0.2, -0.15) is 0 Å². The van der Waals surface area contributed by atoms with Crippen LogP contribution in [0.1, 0.15) is 11.1 Å². The average Bonchev–Trinajstić information content (AvgIpc) is 2.71. The van der Waals surface area contributed by atoms with Crippen molar-refractivity contribution >= 4 is 17.6 Å². The molecule has 1 atom stereocenters. The molecule has 7 heteroatoms. The van der Waals surface area contributed by atoms with Gasteiger partial charge >= 0.3 is 5.97 Å². The highest BCUT2D eigenvalue weighted by Crippen LogP contribution is 2.27. The van der Waals surface area contributed by atoms with E-state index in [4.69, 9.17) is 9.47 Å². The van der Waals surface area contributed by atoms with Crippen LogP contribution in [0.25, 0.3) is 0 Å². The topological polar surface area (TPSA) is 77.1 Å². The van der Waals surface area contributed by atoms with E-state index >= 15 is 0 Å².